The van der Waals surface area contributed by atoms with Crippen LogP contribution in [0.5, 0.6) is 0 Å². The van der Waals surface area contributed by atoms with E-state index in [4.69, 9.17) is 20.5 Å². The van der Waals surface area contributed by atoms with E-state index in [-0.39, 0.29) is 31.7 Å². The molecule has 0 aromatic carbocycles. The van der Waals surface area contributed by atoms with Gasteiger partial charge in [-0.25, -0.2) is 4.79 Å². The van der Waals surface area contributed by atoms with Crippen molar-refractivity contribution in [3.63, 3.8) is 0 Å². The van der Waals surface area contributed by atoms with E-state index in [1.807, 2.05) is 0 Å². The maximum atomic E-state index is 13.1. The Morgan fingerprint density at radius 2 is 1.90 bits per heavy atom. The third-order valence-electron chi connectivity index (χ3n) is 4.81. The van der Waals surface area contributed by atoms with Gasteiger partial charge in [-0.1, -0.05) is 6.42 Å². The monoisotopic (exact) mass is 429 g/mol. The standard InChI is InChI=1S/C18H32BN3O8/c1-17(2,3)30-16(27)21-12(7-13(20)23)14(24)22-9-11(5-6-19(28)29)8-18(4,10-22)15(25)26/h11-12,28-29H,5-10H2,1-4H3,(H2,20,23)(H,21,27)(H,25,26)/t11-,12-,18-/m0/s1. The molecule has 0 radical (unpaired) electrons. The second-order valence-electron chi connectivity index (χ2n) is 9.08. The fourth-order valence-electron chi connectivity index (χ4n) is 3.54. The fourth-order valence-corrected chi connectivity index (χ4v) is 3.54. The first-order valence-electron chi connectivity index (χ1n) is 9.79. The molecule has 6 N–H and O–H groups in total. The van der Waals surface area contributed by atoms with Crippen molar-refractivity contribution in [1.82, 2.24) is 10.2 Å². The van der Waals surface area contributed by atoms with Crippen LogP contribution in [-0.4, -0.2) is 75.8 Å². The van der Waals surface area contributed by atoms with Crippen LogP contribution in [0, 0.1) is 11.3 Å². The van der Waals surface area contributed by atoms with Crippen LogP contribution in [-0.2, 0) is 19.1 Å². The summed E-state index contributed by atoms with van der Waals surface area (Å²) in [5.74, 6) is -2.87. The molecule has 1 aliphatic heterocycles. The first-order chi connectivity index (χ1) is 13.6. The number of piperidine rings is 1. The minimum atomic E-state index is -1.54. The summed E-state index contributed by atoms with van der Waals surface area (Å²) >= 11 is 0. The maximum Gasteiger partial charge on any atom is 0.451 e. The Bertz CT molecular complexity index is 666. The van der Waals surface area contributed by atoms with Gasteiger partial charge < -0.3 is 35.8 Å². The number of rotatable bonds is 8. The number of carbonyl (C=O) groups is 4. The van der Waals surface area contributed by atoms with Gasteiger partial charge in [0, 0.05) is 13.1 Å². The quantitative estimate of drug-likeness (QED) is 0.322. The van der Waals surface area contributed by atoms with Crippen molar-refractivity contribution in [3.8, 4) is 0 Å². The molecule has 1 fully saturated rings. The van der Waals surface area contributed by atoms with Crippen molar-refractivity contribution < 1.29 is 39.1 Å². The van der Waals surface area contributed by atoms with Crippen molar-refractivity contribution >= 4 is 31.0 Å². The first-order valence-corrected chi connectivity index (χ1v) is 9.79. The van der Waals surface area contributed by atoms with Crippen LogP contribution in [0.4, 0.5) is 4.79 Å². The molecule has 3 atom stereocenters. The van der Waals surface area contributed by atoms with Crippen molar-refractivity contribution in [2.24, 2.45) is 17.1 Å². The summed E-state index contributed by atoms with van der Waals surface area (Å²) in [6.45, 7) is 6.45. The minimum Gasteiger partial charge on any atom is -0.481 e. The molecule has 0 aromatic heterocycles. The number of primary amides is 1. The highest BCUT2D eigenvalue weighted by Crippen LogP contribution is 2.35. The Morgan fingerprint density at radius 3 is 2.37 bits per heavy atom. The number of nitrogens with two attached hydrogens (primary N) is 1. The Morgan fingerprint density at radius 1 is 1.30 bits per heavy atom. The van der Waals surface area contributed by atoms with Crippen molar-refractivity contribution in [2.75, 3.05) is 13.1 Å². The molecule has 1 rings (SSSR count). The highest BCUT2D eigenvalue weighted by molar-refractivity contribution is 6.40. The van der Waals surface area contributed by atoms with Crippen LogP contribution in [0.3, 0.4) is 0 Å². The number of alkyl carbamates (subject to hydrolysis) is 1. The van der Waals surface area contributed by atoms with Crippen LogP contribution in [0.15, 0.2) is 0 Å². The number of amides is 3. The summed E-state index contributed by atoms with van der Waals surface area (Å²) in [4.78, 5) is 49.7. The second-order valence-corrected chi connectivity index (χ2v) is 9.08. The summed E-state index contributed by atoms with van der Waals surface area (Å²) in [5.41, 5.74) is 3.13. The molecule has 0 spiro atoms. The van der Waals surface area contributed by atoms with Crippen LogP contribution < -0.4 is 11.1 Å². The van der Waals surface area contributed by atoms with Crippen LogP contribution >= 0.6 is 0 Å². The van der Waals surface area contributed by atoms with Gasteiger partial charge in [0.1, 0.15) is 11.6 Å². The molecule has 1 saturated heterocycles. The molecule has 30 heavy (non-hydrogen) atoms. The van der Waals surface area contributed by atoms with E-state index >= 15 is 0 Å². The normalized spacial score (nSPS) is 22.7. The van der Waals surface area contributed by atoms with Crippen LogP contribution in [0.2, 0.25) is 6.32 Å². The molecule has 1 heterocycles. The van der Waals surface area contributed by atoms with Crippen molar-refractivity contribution in [1.29, 1.82) is 0 Å². The highest BCUT2D eigenvalue weighted by Gasteiger charge is 2.44. The Balaban J connectivity index is 3.04. The Labute approximate surface area is 176 Å². The highest BCUT2D eigenvalue weighted by atomic mass is 16.6. The van der Waals surface area contributed by atoms with Crippen LogP contribution in [0.1, 0.15) is 47.0 Å². The number of likely N-dealkylation sites (tertiary alicyclic amines) is 1. The van der Waals surface area contributed by atoms with Gasteiger partial charge in [-0.05, 0) is 46.4 Å². The number of ether oxygens (including phenoxy) is 1. The molecule has 1 aliphatic rings. The van der Waals surface area contributed by atoms with E-state index in [1.165, 1.54) is 11.8 Å². The van der Waals surface area contributed by atoms with Gasteiger partial charge in [-0.15, -0.1) is 0 Å². The molecule has 0 saturated carbocycles. The molecule has 0 aromatic rings. The predicted octanol–water partition coefficient (Wildman–Crippen LogP) is -0.443. The van der Waals surface area contributed by atoms with Crippen LogP contribution in [0.25, 0.3) is 0 Å². The lowest BCUT2D eigenvalue weighted by Crippen LogP contribution is -2.57. The van der Waals surface area contributed by atoms with E-state index in [2.05, 4.69) is 5.32 Å². The molecule has 0 aliphatic carbocycles. The molecular weight excluding hydrogens is 397 g/mol. The average molecular weight is 429 g/mol. The fraction of sp³-hybridized carbons (Fsp3) is 0.778. The number of nitrogens with one attached hydrogen (secondary N) is 1. The SMILES string of the molecule is CC(C)(C)OC(=O)N[C@@H](CC(N)=O)C(=O)N1C[C@@H](CCB(O)O)C[C@](C)(C(=O)O)C1. The van der Waals surface area contributed by atoms with Gasteiger partial charge in [0.15, 0.2) is 0 Å². The zero-order valence-corrected chi connectivity index (χ0v) is 17.9. The van der Waals surface area contributed by atoms with E-state index in [9.17, 15) is 24.3 Å². The number of hydrogen-bond acceptors (Lipinski definition) is 7. The molecule has 170 valence electrons. The summed E-state index contributed by atoms with van der Waals surface area (Å²) in [6.07, 6.45) is -0.801. The maximum absolute atomic E-state index is 13.1. The second kappa shape index (κ2) is 10.1. The summed E-state index contributed by atoms with van der Waals surface area (Å²) < 4.78 is 5.13. The molecule has 12 heteroatoms. The molecule has 11 nitrogen and oxygen atoms in total. The number of nitrogens with zero attached hydrogens (tertiary/aromatic N) is 1. The van der Waals surface area contributed by atoms with Gasteiger partial charge in [0.2, 0.25) is 11.8 Å². The third-order valence-corrected chi connectivity index (χ3v) is 4.81. The van der Waals surface area contributed by atoms with E-state index < -0.39 is 54.5 Å². The zero-order valence-electron chi connectivity index (χ0n) is 17.9. The molecule has 0 unspecified atom stereocenters. The van der Waals surface area contributed by atoms with Gasteiger partial charge >= 0.3 is 19.2 Å². The lowest BCUT2D eigenvalue weighted by atomic mass is 9.72. The number of carbonyl (C=O) groups excluding carboxylic acids is 3. The Hall–Kier alpha value is -2.34. The molecular formula is C18H32BN3O8. The lowest BCUT2D eigenvalue weighted by Gasteiger charge is -2.43. The number of carboxylic acids is 1. The van der Waals surface area contributed by atoms with Gasteiger partial charge in [0.05, 0.1) is 11.8 Å². The summed E-state index contributed by atoms with van der Waals surface area (Å²) in [5, 5.41) is 30.2. The number of carboxylic acid groups (broad SMARTS) is 1. The predicted molar refractivity (Wildman–Crippen MR) is 107 cm³/mol. The van der Waals surface area contributed by atoms with Gasteiger partial charge in [-0.2, -0.15) is 0 Å². The van der Waals surface area contributed by atoms with E-state index in [0.717, 1.165) is 0 Å². The number of hydrogen-bond donors (Lipinski definition) is 5. The first kappa shape index (κ1) is 25.7. The zero-order chi connectivity index (χ0) is 23.3. The third kappa shape index (κ3) is 8.19. The molecule has 3 amide bonds. The largest absolute Gasteiger partial charge is 0.481 e. The van der Waals surface area contributed by atoms with Crippen molar-refractivity contribution in [3.05, 3.63) is 0 Å². The number of aliphatic carboxylic acids is 1. The summed E-state index contributed by atoms with van der Waals surface area (Å²) in [7, 11) is -1.54. The lowest BCUT2D eigenvalue weighted by molar-refractivity contribution is -0.156. The minimum absolute atomic E-state index is 0.0310. The Kier molecular flexibility index (Phi) is 8.67. The van der Waals surface area contributed by atoms with E-state index in [0.29, 0.717) is 6.42 Å². The van der Waals surface area contributed by atoms with E-state index in [1.54, 1.807) is 20.8 Å². The van der Waals surface area contributed by atoms with Gasteiger partial charge in [-0.3, -0.25) is 14.4 Å². The average Bonchev–Trinajstić information content (AvgIpc) is 2.56. The smallest absolute Gasteiger partial charge is 0.451 e. The topological polar surface area (TPSA) is 179 Å². The molecule has 0 bridgehead atoms. The summed E-state index contributed by atoms with van der Waals surface area (Å²) in [6, 6.07) is -1.31. The van der Waals surface area contributed by atoms with Gasteiger partial charge in [0.25, 0.3) is 0 Å². The van der Waals surface area contributed by atoms with Crippen molar-refractivity contribution in [2.45, 2.75) is 64.9 Å².